The van der Waals surface area contributed by atoms with Gasteiger partial charge in [-0.25, -0.2) is 4.79 Å². The largest absolute Gasteiger partial charge is 0.496 e. The number of carbonyl (C=O) groups is 1. The van der Waals surface area contributed by atoms with Gasteiger partial charge in [0.15, 0.2) is 0 Å². The maximum atomic E-state index is 10.9. The van der Waals surface area contributed by atoms with Gasteiger partial charge in [0.2, 0.25) is 11.7 Å². The second-order valence-corrected chi connectivity index (χ2v) is 3.56. The molecule has 100 valence electrons. The first-order valence-electron chi connectivity index (χ1n) is 5.52. The fourth-order valence-corrected chi connectivity index (χ4v) is 1.49. The van der Waals surface area contributed by atoms with Crippen molar-refractivity contribution in [2.75, 3.05) is 14.2 Å². The van der Waals surface area contributed by atoms with E-state index < -0.39 is 6.09 Å². The van der Waals surface area contributed by atoms with Crippen molar-refractivity contribution in [3.8, 4) is 17.1 Å². The molecule has 0 fully saturated rings. The molecule has 0 aliphatic carbocycles. The standard InChI is InChI=1S/C12H13N3O4/c1-17-9-6-4-3-5-8(9)11-14-10(19-15-11)7-13-12(16)18-2/h3-6H,7H2,1-2H3,(H,13,16). The summed E-state index contributed by atoms with van der Waals surface area (Å²) in [4.78, 5) is 15.1. The maximum absolute atomic E-state index is 10.9. The highest BCUT2D eigenvalue weighted by Gasteiger charge is 2.13. The molecule has 1 N–H and O–H groups in total. The third kappa shape index (κ3) is 3.01. The first-order valence-corrected chi connectivity index (χ1v) is 5.52. The molecular weight excluding hydrogens is 250 g/mol. The molecule has 0 saturated carbocycles. The molecule has 1 heterocycles. The van der Waals surface area contributed by atoms with Gasteiger partial charge in [-0.3, -0.25) is 0 Å². The Hall–Kier alpha value is -2.57. The van der Waals surface area contributed by atoms with Crippen LogP contribution in [-0.4, -0.2) is 30.5 Å². The summed E-state index contributed by atoms with van der Waals surface area (Å²) in [5, 5.41) is 6.29. The summed E-state index contributed by atoms with van der Waals surface area (Å²) in [7, 11) is 2.85. The third-order valence-corrected chi connectivity index (χ3v) is 2.39. The van der Waals surface area contributed by atoms with Gasteiger partial charge in [-0.15, -0.1) is 0 Å². The molecule has 0 unspecified atom stereocenters. The van der Waals surface area contributed by atoms with Gasteiger partial charge in [0, 0.05) is 0 Å². The minimum atomic E-state index is -0.558. The summed E-state index contributed by atoms with van der Waals surface area (Å²) in [6.07, 6.45) is -0.558. The summed E-state index contributed by atoms with van der Waals surface area (Å²) in [5.41, 5.74) is 0.720. The van der Waals surface area contributed by atoms with E-state index in [0.717, 1.165) is 5.56 Å². The number of benzene rings is 1. The fourth-order valence-electron chi connectivity index (χ4n) is 1.49. The zero-order valence-corrected chi connectivity index (χ0v) is 10.5. The lowest BCUT2D eigenvalue weighted by atomic mass is 10.2. The number of para-hydroxylation sites is 1. The van der Waals surface area contributed by atoms with Crippen molar-refractivity contribution in [2.24, 2.45) is 0 Å². The Labute approximate surface area is 109 Å². The van der Waals surface area contributed by atoms with Crippen LogP contribution < -0.4 is 10.1 Å². The topological polar surface area (TPSA) is 86.5 Å². The zero-order chi connectivity index (χ0) is 13.7. The smallest absolute Gasteiger partial charge is 0.407 e. The molecule has 0 aliphatic heterocycles. The monoisotopic (exact) mass is 263 g/mol. The van der Waals surface area contributed by atoms with Crippen LogP contribution in [0, 0.1) is 0 Å². The molecule has 0 aliphatic rings. The highest BCUT2D eigenvalue weighted by Crippen LogP contribution is 2.26. The van der Waals surface area contributed by atoms with Gasteiger partial charge in [0.05, 0.1) is 19.8 Å². The predicted molar refractivity (Wildman–Crippen MR) is 65.5 cm³/mol. The van der Waals surface area contributed by atoms with Gasteiger partial charge < -0.3 is 19.3 Å². The number of nitrogens with one attached hydrogen (secondary N) is 1. The van der Waals surface area contributed by atoms with Crippen molar-refractivity contribution in [3.05, 3.63) is 30.2 Å². The highest BCUT2D eigenvalue weighted by atomic mass is 16.5. The normalized spacial score (nSPS) is 10.0. The van der Waals surface area contributed by atoms with Crippen LogP contribution in [0.25, 0.3) is 11.4 Å². The second kappa shape index (κ2) is 5.85. The number of rotatable bonds is 4. The number of nitrogens with zero attached hydrogens (tertiary/aromatic N) is 2. The first-order chi connectivity index (χ1) is 9.24. The van der Waals surface area contributed by atoms with Crippen molar-refractivity contribution in [2.45, 2.75) is 6.54 Å². The van der Waals surface area contributed by atoms with E-state index in [1.807, 2.05) is 18.2 Å². The lowest BCUT2D eigenvalue weighted by molar-refractivity contribution is 0.169. The van der Waals surface area contributed by atoms with Crippen LogP contribution in [0.5, 0.6) is 5.75 Å². The molecule has 2 rings (SSSR count). The molecule has 0 saturated heterocycles. The SMILES string of the molecule is COC(=O)NCc1nc(-c2ccccc2OC)no1. The van der Waals surface area contributed by atoms with Crippen molar-refractivity contribution < 1.29 is 18.8 Å². The van der Waals surface area contributed by atoms with Crippen LogP contribution in [0.4, 0.5) is 4.79 Å². The molecule has 7 nitrogen and oxygen atoms in total. The van der Waals surface area contributed by atoms with Gasteiger partial charge in [-0.1, -0.05) is 17.3 Å². The molecule has 2 aromatic rings. The van der Waals surface area contributed by atoms with Crippen LogP contribution in [0.15, 0.2) is 28.8 Å². The van der Waals surface area contributed by atoms with Crippen LogP contribution in [0.2, 0.25) is 0 Å². The molecule has 1 amide bonds. The lowest BCUT2D eigenvalue weighted by Gasteiger charge is -2.03. The Morgan fingerprint density at radius 1 is 1.37 bits per heavy atom. The average molecular weight is 263 g/mol. The van der Waals surface area contributed by atoms with Crippen molar-refractivity contribution in [3.63, 3.8) is 0 Å². The van der Waals surface area contributed by atoms with E-state index in [2.05, 4.69) is 20.2 Å². The number of methoxy groups -OCH3 is 2. The van der Waals surface area contributed by atoms with Gasteiger partial charge in [0.25, 0.3) is 0 Å². The summed E-state index contributed by atoms with van der Waals surface area (Å²) in [6, 6.07) is 7.32. The van der Waals surface area contributed by atoms with Gasteiger partial charge >= 0.3 is 6.09 Å². The van der Waals surface area contributed by atoms with Crippen molar-refractivity contribution >= 4 is 6.09 Å². The van der Waals surface area contributed by atoms with E-state index in [1.54, 1.807) is 13.2 Å². The van der Waals surface area contributed by atoms with E-state index in [1.165, 1.54) is 7.11 Å². The minimum absolute atomic E-state index is 0.106. The Bertz CT molecular complexity index is 568. The van der Waals surface area contributed by atoms with E-state index in [9.17, 15) is 4.79 Å². The number of alkyl carbamates (subject to hydrolysis) is 1. The third-order valence-electron chi connectivity index (χ3n) is 2.39. The van der Waals surface area contributed by atoms with Crippen LogP contribution in [-0.2, 0) is 11.3 Å². The van der Waals surface area contributed by atoms with E-state index in [0.29, 0.717) is 11.6 Å². The minimum Gasteiger partial charge on any atom is -0.496 e. The Morgan fingerprint density at radius 3 is 2.89 bits per heavy atom. The number of ether oxygens (including phenoxy) is 2. The van der Waals surface area contributed by atoms with Crippen LogP contribution in [0.3, 0.4) is 0 Å². The first kappa shape index (κ1) is 12.9. The average Bonchev–Trinajstić information content (AvgIpc) is 2.93. The van der Waals surface area contributed by atoms with Crippen molar-refractivity contribution in [1.29, 1.82) is 0 Å². The van der Waals surface area contributed by atoms with Crippen LogP contribution >= 0.6 is 0 Å². The number of hydrogen-bond acceptors (Lipinski definition) is 6. The summed E-state index contributed by atoms with van der Waals surface area (Å²) < 4.78 is 14.7. The van der Waals surface area contributed by atoms with E-state index in [-0.39, 0.29) is 12.4 Å². The van der Waals surface area contributed by atoms with Crippen molar-refractivity contribution in [1.82, 2.24) is 15.5 Å². The van der Waals surface area contributed by atoms with Gasteiger partial charge in [0.1, 0.15) is 12.3 Å². The van der Waals surface area contributed by atoms with Gasteiger partial charge in [-0.2, -0.15) is 4.98 Å². The molecule has 19 heavy (non-hydrogen) atoms. The maximum Gasteiger partial charge on any atom is 0.407 e. The molecule has 1 aromatic carbocycles. The Kier molecular flexibility index (Phi) is 3.97. The Balaban J connectivity index is 2.14. The Morgan fingerprint density at radius 2 is 2.16 bits per heavy atom. The summed E-state index contributed by atoms with van der Waals surface area (Å²) in [6.45, 7) is 0.106. The highest BCUT2D eigenvalue weighted by molar-refractivity contribution is 5.67. The molecule has 0 bridgehead atoms. The molecule has 7 heteroatoms. The molecule has 0 atom stereocenters. The summed E-state index contributed by atoms with van der Waals surface area (Å²) in [5.74, 6) is 1.33. The quantitative estimate of drug-likeness (QED) is 0.901. The number of carbonyl (C=O) groups excluding carboxylic acids is 1. The molecule has 0 spiro atoms. The fraction of sp³-hybridized carbons (Fsp3) is 0.250. The lowest BCUT2D eigenvalue weighted by Crippen LogP contribution is -2.22. The number of amides is 1. The van der Waals surface area contributed by atoms with E-state index >= 15 is 0 Å². The van der Waals surface area contributed by atoms with Gasteiger partial charge in [-0.05, 0) is 12.1 Å². The molecule has 1 aromatic heterocycles. The van der Waals surface area contributed by atoms with E-state index in [4.69, 9.17) is 9.26 Å². The molecular formula is C12H13N3O4. The number of hydrogen-bond donors (Lipinski definition) is 1. The number of aromatic nitrogens is 2. The predicted octanol–water partition coefficient (Wildman–Crippen LogP) is 1.60. The second-order valence-electron chi connectivity index (χ2n) is 3.56. The van der Waals surface area contributed by atoms with Crippen LogP contribution in [0.1, 0.15) is 5.89 Å². The summed E-state index contributed by atoms with van der Waals surface area (Å²) >= 11 is 0. The zero-order valence-electron chi connectivity index (χ0n) is 10.5. The molecule has 0 radical (unpaired) electrons.